The fourth-order valence-corrected chi connectivity index (χ4v) is 2.61. The van der Waals surface area contributed by atoms with Gasteiger partial charge in [-0.2, -0.15) is 0 Å². The number of aryl methyl sites for hydroxylation is 2. The van der Waals surface area contributed by atoms with E-state index in [0.717, 1.165) is 16.7 Å². The molecule has 0 spiro atoms. The summed E-state index contributed by atoms with van der Waals surface area (Å²) in [6, 6.07) is 8.61. The Labute approximate surface area is 141 Å². The Kier molecular flexibility index (Phi) is 4.76. The second-order valence-electron chi connectivity index (χ2n) is 6.04. The Morgan fingerprint density at radius 3 is 2.35 bits per heavy atom. The Balaban J connectivity index is 2.55. The van der Waals surface area contributed by atoms with Gasteiger partial charge < -0.3 is 14.6 Å². The highest BCUT2D eigenvalue weighted by atomic mass is 16.7. The Hall–Kier alpha value is -2.00. The maximum atomic E-state index is 9.74. The maximum absolute atomic E-state index is 9.74. The summed E-state index contributed by atoms with van der Waals surface area (Å²) in [4.78, 5) is 0. The third kappa shape index (κ3) is 4.26. The number of ether oxygens (including phenoxy) is 2. The summed E-state index contributed by atoms with van der Waals surface area (Å²) >= 11 is 0. The van der Waals surface area contributed by atoms with Crippen LogP contribution in [0.2, 0.25) is 0 Å². The standard InChI is InChI=1S/C20H26O3/c1-13(2)18-10-16(6-7-20(18)23-12-22-5)11-19-14(3)8-17(21)9-15(19)4/h6-10,13,21H,11-12H2,1-5H3/i11D2. The molecule has 0 saturated heterocycles. The maximum Gasteiger partial charge on any atom is 0.188 e. The molecule has 3 heteroatoms. The molecule has 0 amide bonds. The molecule has 124 valence electrons. The van der Waals surface area contributed by atoms with E-state index in [9.17, 15) is 5.11 Å². The number of aromatic hydroxyl groups is 1. The van der Waals surface area contributed by atoms with Gasteiger partial charge in [0.2, 0.25) is 0 Å². The van der Waals surface area contributed by atoms with Crippen LogP contribution in [0.4, 0.5) is 0 Å². The van der Waals surface area contributed by atoms with Crippen LogP contribution in [-0.2, 0) is 11.1 Å². The molecule has 0 aliphatic rings. The SMILES string of the molecule is [2H]C([2H])(c1ccc(OCOC)c(C(C)C)c1)c1c(C)cc(O)cc1C. The molecule has 1 N–H and O–H groups in total. The van der Waals surface area contributed by atoms with E-state index in [2.05, 4.69) is 0 Å². The average Bonchev–Trinajstić information content (AvgIpc) is 2.51. The van der Waals surface area contributed by atoms with Crippen molar-refractivity contribution in [1.82, 2.24) is 0 Å². The van der Waals surface area contributed by atoms with Gasteiger partial charge in [-0.15, -0.1) is 0 Å². The monoisotopic (exact) mass is 316 g/mol. The van der Waals surface area contributed by atoms with Crippen LogP contribution in [0.3, 0.4) is 0 Å². The molecule has 0 saturated carbocycles. The highest BCUT2D eigenvalue weighted by Gasteiger charge is 2.11. The van der Waals surface area contributed by atoms with Crippen LogP contribution in [0.25, 0.3) is 0 Å². The topological polar surface area (TPSA) is 38.7 Å². The van der Waals surface area contributed by atoms with Gasteiger partial charge in [-0.1, -0.05) is 26.0 Å². The minimum Gasteiger partial charge on any atom is -0.508 e. The van der Waals surface area contributed by atoms with Gasteiger partial charge in [-0.05, 0) is 72.2 Å². The van der Waals surface area contributed by atoms with E-state index in [-0.39, 0.29) is 18.5 Å². The predicted octanol–water partition coefficient (Wildman–Crippen LogP) is 4.71. The number of methoxy groups -OCH3 is 1. The molecule has 0 bridgehead atoms. The van der Waals surface area contributed by atoms with E-state index in [4.69, 9.17) is 12.2 Å². The number of benzene rings is 2. The van der Waals surface area contributed by atoms with Gasteiger partial charge in [0.25, 0.3) is 0 Å². The third-order valence-corrected chi connectivity index (χ3v) is 3.75. The lowest BCUT2D eigenvalue weighted by atomic mass is 9.93. The van der Waals surface area contributed by atoms with Crippen molar-refractivity contribution in [2.75, 3.05) is 13.9 Å². The van der Waals surface area contributed by atoms with Crippen molar-refractivity contribution in [3.63, 3.8) is 0 Å². The van der Waals surface area contributed by atoms with Crippen molar-refractivity contribution >= 4 is 0 Å². The molecule has 0 aliphatic heterocycles. The van der Waals surface area contributed by atoms with Gasteiger partial charge in [0.1, 0.15) is 11.5 Å². The Morgan fingerprint density at radius 1 is 1.13 bits per heavy atom. The number of phenolic OH excluding ortho intramolecular Hbond substituents is 1. The lowest BCUT2D eigenvalue weighted by molar-refractivity contribution is 0.0502. The van der Waals surface area contributed by atoms with E-state index in [1.807, 2.05) is 33.8 Å². The first-order valence-corrected chi connectivity index (χ1v) is 7.75. The smallest absolute Gasteiger partial charge is 0.188 e. The molecule has 3 nitrogen and oxygen atoms in total. The zero-order valence-corrected chi connectivity index (χ0v) is 14.4. The second kappa shape index (κ2) is 7.51. The predicted molar refractivity (Wildman–Crippen MR) is 93.4 cm³/mol. The number of rotatable bonds is 6. The number of hydrogen-bond donors (Lipinski definition) is 1. The fourth-order valence-electron chi connectivity index (χ4n) is 2.61. The quantitative estimate of drug-likeness (QED) is 0.785. The summed E-state index contributed by atoms with van der Waals surface area (Å²) in [6.45, 7) is 7.89. The molecule has 0 radical (unpaired) electrons. The van der Waals surface area contributed by atoms with E-state index in [1.165, 1.54) is 0 Å². The van der Waals surface area contributed by atoms with Gasteiger partial charge in [-0.25, -0.2) is 0 Å². The third-order valence-electron chi connectivity index (χ3n) is 3.75. The minimum absolute atomic E-state index is 0.153. The van der Waals surface area contributed by atoms with E-state index in [0.29, 0.717) is 16.9 Å². The first kappa shape index (κ1) is 14.6. The summed E-state index contributed by atoms with van der Waals surface area (Å²) in [5, 5.41) is 9.74. The highest BCUT2D eigenvalue weighted by Crippen LogP contribution is 2.30. The summed E-state index contributed by atoms with van der Waals surface area (Å²) in [5.41, 5.74) is 3.55. The minimum atomic E-state index is -1.68. The molecule has 0 fully saturated rings. The van der Waals surface area contributed by atoms with Crippen LogP contribution in [-0.4, -0.2) is 19.0 Å². The number of hydrogen-bond acceptors (Lipinski definition) is 3. The van der Waals surface area contributed by atoms with Gasteiger partial charge in [0, 0.05) is 9.85 Å². The Morgan fingerprint density at radius 2 is 1.78 bits per heavy atom. The van der Waals surface area contributed by atoms with Crippen LogP contribution in [0.1, 0.15) is 50.3 Å². The molecule has 2 aromatic carbocycles. The Bertz CT molecular complexity index is 732. The molecule has 0 aromatic heterocycles. The van der Waals surface area contributed by atoms with Crippen molar-refractivity contribution in [3.8, 4) is 11.5 Å². The first-order valence-electron chi connectivity index (χ1n) is 8.75. The largest absolute Gasteiger partial charge is 0.508 e. The van der Waals surface area contributed by atoms with Crippen LogP contribution in [0.5, 0.6) is 11.5 Å². The lowest BCUT2D eigenvalue weighted by Crippen LogP contribution is -2.04. The second-order valence-corrected chi connectivity index (χ2v) is 6.04. The zero-order chi connectivity index (χ0) is 18.8. The molecule has 0 heterocycles. The molecule has 0 aliphatic carbocycles. The molecule has 2 aromatic rings. The van der Waals surface area contributed by atoms with Crippen LogP contribution in [0.15, 0.2) is 30.3 Å². The molecule has 2 rings (SSSR count). The summed E-state index contributed by atoms with van der Waals surface area (Å²) in [6.07, 6.45) is -1.68. The van der Waals surface area contributed by atoms with Crippen molar-refractivity contribution in [1.29, 1.82) is 0 Å². The summed E-state index contributed by atoms with van der Waals surface area (Å²) in [7, 11) is 1.57. The van der Waals surface area contributed by atoms with E-state index in [1.54, 1.807) is 31.4 Å². The van der Waals surface area contributed by atoms with Crippen LogP contribution < -0.4 is 4.74 Å². The van der Waals surface area contributed by atoms with Crippen molar-refractivity contribution in [3.05, 3.63) is 58.1 Å². The van der Waals surface area contributed by atoms with E-state index < -0.39 is 6.37 Å². The molecular formula is C20H26O3. The van der Waals surface area contributed by atoms with Crippen LogP contribution in [0, 0.1) is 13.8 Å². The van der Waals surface area contributed by atoms with Crippen molar-refractivity contribution < 1.29 is 17.3 Å². The van der Waals surface area contributed by atoms with Crippen LogP contribution >= 0.6 is 0 Å². The lowest BCUT2D eigenvalue weighted by Gasteiger charge is -2.16. The molecular weight excluding hydrogens is 288 g/mol. The van der Waals surface area contributed by atoms with Crippen molar-refractivity contribution in [2.45, 2.75) is 40.0 Å². The molecule has 0 atom stereocenters. The first-order chi connectivity index (χ1) is 11.7. The van der Waals surface area contributed by atoms with Gasteiger partial charge in [0.15, 0.2) is 6.79 Å². The normalized spacial score (nSPS) is 13.0. The van der Waals surface area contributed by atoms with Gasteiger partial charge in [-0.3, -0.25) is 0 Å². The molecule has 0 unspecified atom stereocenters. The van der Waals surface area contributed by atoms with E-state index >= 15 is 0 Å². The highest BCUT2D eigenvalue weighted by molar-refractivity contribution is 5.45. The number of phenols is 1. The summed E-state index contributed by atoms with van der Waals surface area (Å²) < 4.78 is 28.0. The average molecular weight is 316 g/mol. The van der Waals surface area contributed by atoms with Gasteiger partial charge in [0.05, 0.1) is 0 Å². The summed E-state index contributed by atoms with van der Waals surface area (Å²) in [5.74, 6) is 1.04. The zero-order valence-electron chi connectivity index (χ0n) is 16.4. The van der Waals surface area contributed by atoms with Crippen molar-refractivity contribution in [2.24, 2.45) is 0 Å². The molecule has 23 heavy (non-hydrogen) atoms. The fraction of sp³-hybridized carbons (Fsp3) is 0.400. The van der Waals surface area contributed by atoms with Gasteiger partial charge >= 0.3 is 0 Å².